The molecular formula is C16H17N3O. The van der Waals surface area contributed by atoms with Gasteiger partial charge in [0.1, 0.15) is 0 Å². The van der Waals surface area contributed by atoms with Crippen molar-refractivity contribution in [2.24, 2.45) is 0 Å². The molecule has 0 aliphatic heterocycles. The molecule has 20 heavy (non-hydrogen) atoms. The van der Waals surface area contributed by atoms with Crippen LogP contribution in [0.4, 0.5) is 0 Å². The van der Waals surface area contributed by atoms with Crippen LogP contribution in [0.5, 0.6) is 5.88 Å². The minimum Gasteiger partial charge on any atom is -0.481 e. The van der Waals surface area contributed by atoms with Crippen LogP contribution in [0.25, 0.3) is 0 Å². The third-order valence-corrected chi connectivity index (χ3v) is 3.16. The Morgan fingerprint density at radius 1 is 1.30 bits per heavy atom. The fraction of sp³-hybridized carbons (Fsp3) is 0.250. The summed E-state index contributed by atoms with van der Waals surface area (Å²) in [5.41, 5.74) is 2.96. The van der Waals surface area contributed by atoms with E-state index in [2.05, 4.69) is 23.3 Å². The Balaban J connectivity index is 1.97. The molecule has 0 radical (unpaired) electrons. The first-order valence-electron chi connectivity index (χ1n) is 6.45. The van der Waals surface area contributed by atoms with E-state index in [9.17, 15) is 0 Å². The fourth-order valence-electron chi connectivity index (χ4n) is 1.91. The highest BCUT2D eigenvalue weighted by Crippen LogP contribution is 2.15. The van der Waals surface area contributed by atoms with E-state index in [4.69, 9.17) is 10.00 Å². The van der Waals surface area contributed by atoms with Gasteiger partial charge in [0.15, 0.2) is 0 Å². The summed E-state index contributed by atoms with van der Waals surface area (Å²) < 4.78 is 5.10. The topological polar surface area (TPSA) is 57.9 Å². The zero-order valence-corrected chi connectivity index (χ0v) is 11.6. The standard InChI is InChI=1S/C16H17N3O/c1-12(15-5-3-13(10-17)4-6-15)19-11-14-7-8-18-16(9-14)20-2/h3-9,12,19H,11H2,1-2H3. The number of benzene rings is 1. The highest BCUT2D eigenvalue weighted by molar-refractivity contribution is 5.32. The Hall–Kier alpha value is -2.38. The molecule has 0 bridgehead atoms. The van der Waals surface area contributed by atoms with Gasteiger partial charge in [-0.2, -0.15) is 5.26 Å². The summed E-state index contributed by atoms with van der Waals surface area (Å²) in [4.78, 5) is 4.08. The molecule has 2 rings (SSSR count). The molecule has 1 N–H and O–H groups in total. The minimum atomic E-state index is 0.210. The molecule has 0 amide bonds. The maximum absolute atomic E-state index is 8.79. The van der Waals surface area contributed by atoms with Gasteiger partial charge in [0.05, 0.1) is 18.7 Å². The third kappa shape index (κ3) is 3.56. The molecule has 1 heterocycles. The molecular weight excluding hydrogens is 250 g/mol. The van der Waals surface area contributed by atoms with Crippen molar-refractivity contribution in [3.05, 3.63) is 59.3 Å². The SMILES string of the molecule is COc1cc(CNC(C)c2ccc(C#N)cc2)ccn1. The second-order valence-electron chi connectivity index (χ2n) is 4.54. The lowest BCUT2D eigenvalue weighted by atomic mass is 10.1. The quantitative estimate of drug-likeness (QED) is 0.905. The van der Waals surface area contributed by atoms with Gasteiger partial charge in [0.2, 0.25) is 5.88 Å². The van der Waals surface area contributed by atoms with Gasteiger partial charge in [0, 0.05) is 24.8 Å². The Kier molecular flexibility index (Phi) is 4.70. The maximum Gasteiger partial charge on any atom is 0.213 e. The van der Waals surface area contributed by atoms with Gasteiger partial charge in [-0.3, -0.25) is 0 Å². The van der Waals surface area contributed by atoms with Gasteiger partial charge in [-0.05, 0) is 36.2 Å². The van der Waals surface area contributed by atoms with E-state index >= 15 is 0 Å². The first-order valence-corrected chi connectivity index (χ1v) is 6.45. The van der Waals surface area contributed by atoms with Crippen LogP contribution in [-0.4, -0.2) is 12.1 Å². The van der Waals surface area contributed by atoms with Crippen molar-refractivity contribution < 1.29 is 4.74 Å². The van der Waals surface area contributed by atoms with Gasteiger partial charge in [0.25, 0.3) is 0 Å². The third-order valence-electron chi connectivity index (χ3n) is 3.16. The number of hydrogen-bond acceptors (Lipinski definition) is 4. The average molecular weight is 267 g/mol. The zero-order valence-electron chi connectivity index (χ0n) is 11.6. The average Bonchev–Trinajstić information content (AvgIpc) is 2.53. The molecule has 1 unspecified atom stereocenters. The van der Waals surface area contributed by atoms with Crippen molar-refractivity contribution in [2.75, 3.05) is 7.11 Å². The first-order chi connectivity index (χ1) is 9.72. The van der Waals surface area contributed by atoms with E-state index in [1.54, 1.807) is 13.3 Å². The van der Waals surface area contributed by atoms with Gasteiger partial charge < -0.3 is 10.1 Å². The van der Waals surface area contributed by atoms with E-state index in [1.165, 1.54) is 0 Å². The molecule has 0 spiro atoms. The van der Waals surface area contributed by atoms with Crippen molar-refractivity contribution in [2.45, 2.75) is 19.5 Å². The highest BCUT2D eigenvalue weighted by atomic mass is 16.5. The van der Waals surface area contributed by atoms with E-state index in [0.717, 1.165) is 17.7 Å². The van der Waals surface area contributed by atoms with Gasteiger partial charge in [-0.1, -0.05) is 12.1 Å². The summed E-state index contributed by atoms with van der Waals surface area (Å²) in [6.45, 7) is 2.83. The van der Waals surface area contributed by atoms with Crippen LogP contribution in [0.1, 0.15) is 29.7 Å². The highest BCUT2D eigenvalue weighted by Gasteiger charge is 2.05. The Labute approximate surface area is 119 Å². The van der Waals surface area contributed by atoms with Gasteiger partial charge in [-0.15, -0.1) is 0 Å². The summed E-state index contributed by atoms with van der Waals surface area (Å²) in [7, 11) is 1.61. The maximum atomic E-state index is 8.79. The lowest BCUT2D eigenvalue weighted by molar-refractivity contribution is 0.397. The summed E-state index contributed by atoms with van der Waals surface area (Å²) in [5, 5.41) is 12.2. The summed E-state index contributed by atoms with van der Waals surface area (Å²) >= 11 is 0. The van der Waals surface area contributed by atoms with Crippen molar-refractivity contribution in [1.29, 1.82) is 5.26 Å². The molecule has 0 aliphatic rings. The van der Waals surface area contributed by atoms with Gasteiger partial charge >= 0.3 is 0 Å². The Morgan fingerprint density at radius 2 is 2.05 bits per heavy atom. The van der Waals surface area contributed by atoms with Crippen LogP contribution < -0.4 is 10.1 Å². The number of aromatic nitrogens is 1. The second kappa shape index (κ2) is 6.69. The number of nitriles is 1. The lowest BCUT2D eigenvalue weighted by Crippen LogP contribution is -2.18. The van der Waals surface area contributed by atoms with Crippen LogP contribution in [-0.2, 0) is 6.54 Å². The molecule has 4 heteroatoms. The largest absolute Gasteiger partial charge is 0.481 e. The van der Waals surface area contributed by atoms with Crippen molar-refractivity contribution in [3.8, 4) is 11.9 Å². The molecule has 1 atom stereocenters. The molecule has 102 valence electrons. The number of nitrogens with one attached hydrogen (secondary N) is 1. The molecule has 4 nitrogen and oxygen atoms in total. The first kappa shape index (κ1) is 14.0. The summed E-state index contributed by atoms with van der Waals surface area (Å²) in [5.74, 6) is 0.621. The fourth-order valence-corrected chi connectivity index (χ4v) is 1.91. The normalized spacial score (nSPS) is 11.7. The number of rotatable bonds is 5. The summed E-state index contributed by atoms with van der Waals surface area (Å²) in [6.07, 6.45) is 1.74. The number of hydrogen-bond donors (Lipinski definition) is 1. The molecule has 0 saturated heterocycles. The predicted molar refractivity (Wildman–Crippen MR) is 77.2 cm³/mol. The van der Waals surface area contributed by atoms with Crippen LogP contribution in [0, 0.1) is 11.3 Å². The molecule has 0 aliphatic carbocycles. The zero-order chi connectivity index (χ0) is 14.4. The van der Waals surface area contributed by atoms with E-state index < -0.39 is 0 Å². The van der Waals surface area contributed by atoms with Crippen molar-refractivity contribution >= 4 is 0 Å². The molecule has 1 aromatic carbocycles. The van der Waals surface area contributed by atoms with Crippen LogP contribution in [0.15, 0.2) is 42.6 Å². The van der Waals surface area contributed by atoms with Gasteiger partial charge in [-0.25, -0.2) is 4.98 Å². The van der Waals surface area contributed by atoms with Crippen molar-refractivity contribution in [1.82, 2.24) is 10.3 Å². The minimum absolute atomic E-state index is 0.210. The molecule has 0 fully saturated rings. The van der Waals surface area contributed by atoms with Crippen LogP contribution in [0.2, 0.25) is 0 Å². The van der Waals surface area contributed by atoms with Crippen LogP contribution >= 0.6 is 0 Å². The van der Waals surface area contributed by atoms with E-state index in [-0.39, 0.29) is 6.04 Å². The summed E-state index contributed by atoms with van der Waals surface area (Å²) in [6, 6.07) is 13.8. The van der Waals surface area contributed by atoms with Crippen molar-refractivity contribution in [3.63, 3.8) is 0 Å². The number of methoxy groups -OCH3 is 1. The number of pyridine rings is 1. The molecule has 0 saturated carbocycles. The molecule has 1 aromatic heterocycles. The monoisotopic (exact) mass is 267 g/mol. The number of nitrogens with zero attached hydrogens (tertiary/aromatic N) is 2. The van der Waals surface area contributed by atoms with Crippen LogP contribution in [0.3, 0.4) is 0 Å². The Morgan fingerprint density at radius 3 is 2.70 bits per heavy atom. The van der Waals surface area contributed by atoms with E-state index in [1.807, 2.05) is 36.4 Å². The lowest BCUT2D eigenvalue weighted by Gasteiger charge is -2.14. The molecule has 2 aromatic rings. The van der Waals surface area contributed by atoms with E-state index in [0.29, 0.717) is 11.4 Å². The second-order valence-corrected chi connectivity index (χ2v) is 4.54. The smallest absolute Gasteiger partial charge is 0.213 e. The number of ether oxygens (including phenoxy) is 1. The Bertz CT molecular complexity index is 602. The predicted octanol–water partition coefficient (Wildman–Crippen LogP) is 2.81.